The van der Waals surface area contributed by atoms with Gasteiger partial charge in [-0.2, -0.15) is 0 Å². The smallest absolute Gasteiger partial charge is 0.270 e. The van der Waals surface area contributed by atoms with Gasteiger partial charge in [0, 0.05) is 0 Å². The quantitative estimate of drug-likeness (QED) is 0.348. The van der Waals surface area contributed by atoms with E-state index in [-0.39, 0.29) is 11.0 Å². The van der Waals surface area contributed by atoms with Gasteiger partial charge in [0.1, 0.15) is 6.04 Å². The molecule has 1 amide bonds. The first kappa shape index (κ1) is 16.3. The summed E-state index contributed by atoms with van der Waals surface area (Å²) in [5.41, 5.74) is 0. The van der Waals surface area contributed by atoms with Crippen molar-refractivity contribution in [1.82, 2.24) is 10.2 Å². The first-order chi connectivity index (χ1) is 8.38. The van der Waals surface area contributed by atoms with Crippen LogP contribution in [0, 0.1) is 0 Å². The maximum Gasteiger partial charge on any atom is 0.270 e. The summed E-state index contributed by atoms with van der Waals surface area (Å²) in [7, 11) is 0. The van der Waals surface area contributed by atoms with E-state index in [9.17, 15) is 4.79 Å². The van der Waals surface area contributed by atoms with Crippen molar-refractivity contribution in [2.24, 2.45) is 0 Å². The summed E-state index contributed by atoms with van der Waals surface area (Å²) in [6, 6.07) is -0.466. The molecule has 0 aromatic carbocycles. The number of halogens is 3. The van der Waals surface area contributed by atoms with Gasteiger partial charge in [-0.25, -0.2) is 0 Å². The fourth-order valence-electron chi connectivity index (χ4n) is 2.00. The zero-order valence-corrected chi connectivity index (χ0v) is 13.3. The van der Waals surface area contributed by atoms with E-state index in [1.165, 1.54) is 24.2 Å². The number of nitrogens with zero attached hydrogens (tertiary/aromatic N) is 1. The van der Waals surface area contributed by atoms with Crippen molar-refractivity contribution in [3.63, 3.8) is 0 Å². The van der Waals surface area contributed by atoms with Crippen LogP contribution in [-0.4, -0.2) is 25.9 Å². The van der Waals surface area contributed by atoms with E-state index >= 15 is 0 Å². The van der Waals surface area contributed by atoms with Gasteiger partial charge in [-0.05, 0) is 18.6 Å². The van der Waals surface area contributed by atoms with Crippen LogP contribution in [0.25, 0.3) is 0 Å². The standard InChI is InChI=1S/C11H17Cl3N2OS/c1-2-3-4-5-6-7-8-9(17)15-10(18)16(8)11(12,13)14/h8H,2-7H2,1H3,(H,15,17,18). The molecule has 104 valence electrons. The molecule has 3 nitrogen and oxygen atoms in total. The Morgan fingerprint density at radius 3 is 2.44 bits per heavy atom. The summed E-state index contributed by atoms with van der Waals surface area (Å²) in [5.74, 6) is -0.179. The Balaban J connectivity index is 2.51. The summed E-state index contributed by atoms with van der Waals surface area (Å²) >= 11 is 22.5. The number of alkyl halides is 3. The van der Waals surface area contributed by atoms with Gasteiger partial charge in [0.05, 0.1) is 0 Å². The van der Waals surface area contributed by atoms with Crippen molar-refractivity contribution in [3.8, 4) is 0 Å². The molecular formula is C11H17Cl3N2OS. The van der Waals surface area contributed by atoms with E-state index in [0.717, 1.165) is 12.8 Å². The van der Waals surface area contributed by atoms with Gasteiger partial charge in [0.15, 0.2) is 5.11 Å². The van der Waals surface area contributed by atoms with E-state index in [1.54, 1.807) is 0 Å². The molecular weight excluding hydrogens is 315 g/mol. The highest BCUT2D eigenvalue weighted by atomic mass is 35.6. The molecule has 0 aromatic rings. The molecule has 18 heavy (non-hydrogen) atoms. The van der Waals surface area contributed by atoms with Crippen molar-refractivity contribution < 1.29 is 4.79 Å². The van der Waals surface area contributed by atoms with E-state index in [4.69, 9.17) is 47.0 Å². The predicted octanol–water partition coefficient (Wildman–Crippen LogP) is 3.76. The molecule has 1 unspecified atom stereocenters. The summed E-state index contributed by atoms with van der Waals surface area (Å²) in [6.07, 6.45) is 6.24. The largest absolute Gasteiger partial charge is 0.301 e. The third-order valence-electron chi connectivity index (χ3n) is 2.92. The summed E-state index contributed by atoms with van der Waals surface area (Å²) in [6.45, 7) is 2.16. The highest BCUT2D eigenvalue weighted by molar-refractivity contribution is 7.80. The van der Waals surface area contributed by atoms with Crippen LogP contribution in [0.15, 0.2) is 0 Å². The van der Waals surface area contributed by atoms with Crippen molar-refractivity contribution in [2.75, 3.05) is 0 Å². The number of amides is 1. The molecule has 1 aliphatic heterocycles. The van der Waals surface area contributed by atoms with Gasteiger partial charge >= 0.3 is 0 Å². The van der Waals surface area contributed by atoms with Crippen LogP contribution in [0.5, 0.6) is 0 Å². The minimum Gasteiger partial charge on any atom is -0.301 e. The molecule has 7 heteroatoms. The molecule has 1 heterocycles. The van der Waals surface area contributed by atoms with Crippen LogP contribution in [0.4, 0.5) is 0 Å². The molecule has 1 atom stereocenters. The maximum absolute atomic E-state index is 11.7. The highest BCUT2D eigenvalue weighted by Gasteiger charge is 2.45. The minimum absolute atomic E-state index is 0.179. The lowest BCUT2D eigenvalue weighted by Gasteiger charge is -2.29. The molecule has 1 saturated heterocycles. The Labute approximate surface area is 128 Å². The van der Waals surface area contributed by atoms with Crippen LogP contribution >= 0.6 is 47.0 Å². The molecule has 1 fully saturated rings. The van der Waals surface area contributed by atoms with Crippen LogP contribution in [0.1, 0.15) is 45.4 Å². The second kappa shape index (κ2) is 7.13. The zero-order chi connectivity index (χ0) is 13.8. The number of hydrogen-bond donors (Lipinski definition) is 1. The van der Waals surface area contributed by atoms with Crippen LogP contribution in [-0.2, 0) is 4.79 Å². The number of carbonyl (C=O) groups excluding carboxylic acids is 1. The number of nitrogens with one attached hydrogen (secondary N) is 1. The SMILES string of the molecule is CCCCCCCC1C(=O)NC(=S)N1C(Cl)(Cl)Cl. The van der Waals surface area contributed by atoms with Crippen molar-refractivity contribution >= 4 is 58.0 Å². The number of rotatable bonds is 6. The third-order valence-corrected chi connectivity index (χ3v) is 3.76. The molecule has 0 aromatic heterocycles. The lowest BCUT2D eigenvalue weighted by Crippen LogP contribution is -2.43. The maximum atomic E-state index is 11.7. The van der Waals surface area contributed by atoms with Gasteiger partial charge in [0.25, 0.3) is 3.92 Å². The number of thiocarbonyl (C=S) groups is 1. The Kier molecular flexibility index (Phi) is 6.45. The predicted molar refractivity (Wildman–Crippen MR) is 80.0 cm³/mol. The first-order valence-electron chi connectivity index (χ1n) is 6.08. The van der Waals surface area contributed by atoms with Gasteiger partial charge < -0.3 is 5.32 Å². The van der Waals surface area contributed by atoms with Crippen molar-refractivity contribution in [2.45, 2.75) is 55.4 Å². The average Bonchev–Trinajstić information content (AvgIpc) is 2.52. The molecule has 1 rings (SSSR count). The molecule has 0 saturated carbocycles. The van der Waals surface area contributed by atoms with Crippen molar-refractivity contribution in [3.05, 3.63) is 0 Å². The summed E-state index contributed by atoms with van der Waals surface area (Å²) in [4.78, 5) is 13.1. The molecule has 0 radical (unpaired) electrons. The lowest BCUT2D eigenvalue weighted by molar-refractivity contribution is -0.121. The Morgan fingerprint density at radius 1 is 1.28 bits per heavy atom. The molecule has 0 aliphatic carbocycles. The average molecular weight is 332 g/mol. The second-order valence-electron chi connectivity index (χ2n) is 4.35. The van der Waals surface area contributed by atoms with E-state index < -0.39 is 9.96 Å². The minimum atomic E-state index is -1.68. The van der Waals surface area contributed by atoms with Crippen LogP contribution < -0.4 is 5.32 Å². The topological polar surface area (TPSA) is 32.3 Å². The normalized spacial score (nSPS) is 20.4. The first-order valence-corrected chi connectivity index (χ1v) is 7.63. The molecule has 1 aliphatic rings. The van der Waals surface area contributed by atoms with Gasteiger partial charge in [-0.3, -0.25) is 9.69 Å². The van der Waals surface area contributed by atoms with Gasteiger partial charge in [-0.15, -0.1) is 0 Å². The summed E-state index contributed by atoms with van der Waals surface area (Å²) < 4.78 is -1.68. The molecule has 0 bridgehead atoms. The third kappa shape index (κ3) is 4.41. The van der Waals surface area contributed by atoms with E-state index in [2.05, 4.69) is 12.2 Å². The van der Waals surface area contributed by atoms with Gasteiger partial charge in [-0.1, -0.05) is 73.8 Å². The number of hydrogen-bond acceptors (Lipinski definition) is 2. The van der Waals surface area contributed by atoms with Gasteiger partial charge in [0.2, 0.25) is 5.91 Å². The highest BCUT2D eigenvalue weighted by Crippen LogP contribution is 2.36. The monoisotopic (exact) mass is 330 g/mol. The fourth-order valence-corrected chi connectivity index (χ4v) is 3.12. The Bertz CT molecular complexity index is 320. The zero-order valence-electron chi connectivity index (χ0n) is 10.2. The van der Waals surface area contributed by atoms with E-state index in [0.29, 0.717) is 6.42 Å². The molecule has 1 N–H and O–H groups in total. The summed E-state index contributed by atoms with van der Waals surface area (Å²) in [5, 5.41) is 2.73. The van der Waals surface area contributed by atoms with Crippen LogP contribution in [0.3, 0.4) is 0 Å². The van der Waals surface area contributed by atoms with Crippen LogP contribution in [0.2, 0.25) is 0 Å². The van der Waals surface area contributed by atoms with Crippen molar-refractivity contribution in [1.29, 1.82) is 0 Å². The molecule has 0 spiro atoms. The Hall–Kier alpha value is 0.230. The fraction of sp³-hybridized carbons (Fsp3) is 0.818. The number of unbranched alkanes of at least 4 members (excludes halogenated alkanes) is 4. The van der Waals surface area contributed by atoms with E-state index in [1.807, 2.05) is 0 Å². The number of carbonyl (C=O) groups is 1. The second-order valence-corrected chi connectivity index (χ2v) is 6.96. The Morgan fingerprint density at radius 2 is 1.89 bits per heavy atom. The lowest BCUT2D eigenvalue weighted by atomic mass is 10.1.